The van der Waals surface area contributed by atoms with Crippen molar-refractivity contribution in [3.8, 4) is 0 Å². The van der Waals surface area contributed by atoms with E-state index in [1.165, 1.54) is 0 Å². The van der Waals surface area contributed by atoms with Crippen molar-refractivity contribution in [3.63, 3.8) is 0 Å². The largest absolute Gasteiger partial charge is 0.673 e. The van der Waals surface area contributed by atoms with Crippen LogP contribution in [0.25, 0.3) is 0 Å². The summed E-state index contributed by atoms with van der Waals surface area (Å²) < 4.78 is 122. The van der Waals surface area contributed by atoms with Crippen LogP contribution in [0.2, 0.25) is 0 Å². The molecule has 1 aromatic carbocycles. The Morgan fingerprint density at radius 2 is 1.07 bits per heavy atom. The lowest BCUT2D eigenvalue weighted by Gasteiger charge is -2.02. The second-order valence-corrected chi connectivity index (χ2v) is 4.85. The third-order valence-corrected chi connectivity index (χ3v) is 2.13. The van der Waals surface area contributed by atoms with Crippen molar-refractivity contribution in [2.45, 2.75) is 19.4 Å². The van der Waals surface area contributed by atoms with Crippen LogP contribution in [0.5, 0.6) is 0 Å². The van der Waals surface area contributed by atoms with Crippen LogP contribution >= 0.6 is 0 Å². The van der Waals surface area contributed by atoms with E-state index in [1.54, 1.807) is 0 Å². The molecule has 1 aliphatic carbocycles. The molecular formula is C11H12B3F12O2-3. The highest BCUT2D eigenvalue weighted by Crippen LogP contribution is 2.30. The molecule has 28 heavy (non-hydrogen) atoms. The van der Waals surface area contributed by atoms with E-state index in [2.05, 4.69) is 0 Å². The summed E-state index contributed by atoms with van der Waals surface area (Å²) in [6.07, 6.45) is 2.02. The highest BCUT2D eigenvalue weighted by molar-refractivity contribution is 6.50. The van der Waals surface area contributed by atoms with Gasteiger partial charge in [0.25, 0.3) is 0 Å². The summed E-state index contributed by atoms with van der Waals surface area (Å²) in [5.41, 5.74) is 1.05. The first kappa shape index (κ1) is 28.3. The highest BCUT2D eigenvalue weighted by atomic mass is 19.5. The van der Waals surface area contributed by atoms with Crippen LogP contribution in [0.4, 0.5) is 51.8 Å². The summed E-state index contributed by atoms with van der Waals surface area (Å²) in [6, 6.07) is 9.76. The molecule has 0 aromatic heterocycles. The van der Waals surface area contributed by atoms with Crippen LogP contribution < -0.4 is 0 Å². The van der Waals surface area contributed by atoms with E-state index >= 15 is 0 Å². The van der Waals surface area contributed by atoms with E-state index in [-0.39, 0.29) is 11.9 Å². The molecule has 0 spiro atoms. The number of carbonyl (C=O) groups excluding carboxylic acids is 1. The molecule has 164 valence electrons. The monoisotopic (exact) mass is 437 g/mol. The molecule has 1 aliphatic rings. The summed E-state index contributed by atoms with van der Waals surface area (Å²) in [4.78, 5) is 11.2. The zero-order chi connectivity index (χ0) is 22.6. The van der Waals surface area contributed by atoms with Crippen molar-refractivity contribution in [2.24, 2.45) is 5.92 Å². The minimum Gasteiger partial charge on any atom is -0.461 e. The van der Waals surface area contributed by atoms with E-state index in [1.807, 2.05) is 30.3 Å². The molecule has 1 aromatic rings. The number of hydrogen-bond acceptors (Lipinski definition) is 2. The molecule has 1 saturated carbocycles. The summed E-state index contributed by atoms with van der Waals surface area (Å²) in [5, 5.41) is 0. The third-order valence-electron chi connectivity index (χ3n) is 2.13. The third kappa shape index (κ3) is 39.2. The first-order valence-corrected chi connectivity index (χ1v) is 7.18. The smallest absolute Gasteiger partial charge is 0.461 e. The zero-order valence-electron chi connectivity index (χ0n) is 13.7. The average Bonchev–Trinajstić information content (AvgIpc) is 3.25. The predicted octanol–water partition coefficient (Wildman–Crippen LogP) is 6.04. The number of esters is 1. The van der Waals surface area contributed by atoms with Gasteiger partial charge in [0.15, 0.2) is 0 Å². The van der Waals surface area contributed by atoms with Gasteiger partial charge in [-0.2, -0.15) is 0 Å². The quantitative estimate of drug-likeness (QED) is 0.328. The van der Waals surface area contributed by atoms with Gasteiger partial charge in [0, 0.05) is 0 Å². The molecule has 0 unspecified atom stereocenters. The summed E-state index contributed by atoms with van der Waals surface area (Å²) in [7, 11) is -18.0. The van der Waals surface area contributed by atoms with Crippen LogP contribution in [0, 0.1) is 5.92 Å². The fourth-order valence-corrected chi connectivity index (χ4v) is 1.17. The van der Waals surface area contributed by atoms with E-state index in [0.717, 1.165) is 18.4 Å². The number of ether oxygens (including phenoxy) is 1. The predicted molar refractivity (Wildman–Crippen MR) is 79.5 cm³/mol. The van der Waals surface area contributed by atoms with Gasteiger partial charge in [-0.15, -0.1) is 0 Å². The molecule has 0 amide bonds. The maximum Gasteiger partial charge on any atom is 0.673 e. The summed E-state index contributed by atoms with van der Waals surface area (Å²) >= 11 is 0. The summed E-state index contributed by atoms with van der Waals surface area (Å²) in [5.74, 6) is 0.160. The molecule has 0 radical (unpaired) electrons. The lowest BCUT2D eigenvalue weighted by molar-refractivity contribution is -0.146. The molecule has 0 saturated heterocycles. The van der Waals surface area contributed by atoms with Crippen LogP contribution in [-0.2, 0) is 16.1 Å². The van der Waals surface area contributed by atoms with Gasteiger partial charge in [0.05, 0.1) is 5.92 Å². The van der Waals surface area contributed by atoms with E-state index < -0.39 is 21.8 Å². The number of carbonyl (C=O) groups is 1. The van der Waals surface area contributed by atoms with Gasteiger partial charge in [0.2, 0.25) is 0 Å². The lowest BCUT2D eigenvalue weighted by Crippen LogP contribution is -2.05. The van der Waals surface area contributed by atoms with Crippen molar-refractivity contribution in [1.82, 2.24) is 0 Å². The van der Waals surface area contributed by atoms with Gasteiger partial charge >= 0.3 is 27.7 Å². The summed E-state index contributed by atoms with van der Waals surface area (Å²) in [6.45, 7) is 0.413. The number of halogens is 12. The van der Waals surface area contributed by atoms with E-state index in [0.29, 0.717) is 6.61 Å². The Kier molecular flexibility index (Phi) is 12.6. The average molecular weight is 437 g/mol. The maximum absolute atomic E-state index is 11.2. The first-order chi connectivity index (χ1) is 12.4. The number of rotatable bonds is 3. The van der Waals surface area contributed by atoms with Crippen molar-refractivity contribution < 1.29 is 61.3 Å². The normalized spacial score (nSPS) is 13.6. The molecule has 17 heteroatoms. The van der Waals surface area contributed by atoms with Crippen molar-refractivity contribution in [3.05, 3.63) is 35.9 Å². The van der Waals surface area contributed by atoms with Crippen LogP contribution in [0.1, 0.15) is 18.4 Å². The molecule has 1 fully saturated rings. The fraction of sp³-hybridized carbons (Fsp3) is 0.364. The molecule has 2 nitrogen and oxygen atoms in total. The van der Waals surface area contributed by atoms with Gasteiger partial charge < -0.3 is 56.5 Å². The van der Waals surface area contributed by atoms with Gasteiger partial charge in [-0.3, -0.25) is 4.79 Å². The van der Waals surface area contributed by atoms with Crippen molar-refractivity contribution in [2.75, 3.05) is 0 Å². The SMILES string of the molecule is F[B-](F)(F)F.F[B-](F)(F)F.F[B-](F)(F)F.O=C(OCc1ccccc1)C1CC1. The standard InChI is InChI=1S/C11H12O2.3BF4/c12-11(10-6-7-10)13-8-9-4-2-1-3-5-9;3*2-1(3,4)5/h1-5,10H,6-8H2;;;/q;3*-1. The van der Waals surface area contributed by atoms with E-state index in [9.17, 15) is 56.6 Å². The molecular weight excluding hydrogens is 425 g/mol. The minimum atomic E-state index is -6.00. The number of benzene rings is 1. The van der Waals surface area contributed by atoms with Gasteiger partial charge in [-0.05, 0) is 18.4 Å². The second kappa shape index (κ2) is 12.5. The topological polar surface area (TPSA) is 26.3 Å². The Hall–Kier alpha value is -1.96. The Morgan fingerprint density at radius 1 is 0.750 bits per heavy atom. The molecule has 0 N–H and O–H groups in total. The maximum atomic E-state index is 11.2. The van der Waals surface area contributed by atoms with Crippen molar-refractivity contribution >= 4 is 27.7 Å². The molecule has 0 atom stereocenters. The number of hydrogen-bond donors (Lipinski definition) is 0. The van der Waals surface area contributed by atoms with Gasteiger partial charge in [0.1, 0.15) is 6.61 Å². The Balaban J connectivity index is 0. The minimum absolute atomic E-state index is 0.0381. The fourth-order valence-electron chi connectivity index (χ4n) is 1.17. The van der Waals surface area contributed by atoms with Gasteiger partial charge in [-0.1, -0.05) is 30.3 Å². The molecule has 0 aliphatic heterocycles. The molecule has 0 bridgehead atoms. The second-order valence-electron chi connectivity index (χ2n) is 4.85. The zero-order valence-corrected chi connectivity index (χ0v) is 13.7. The van der Waals surface area contributed by atoms with Crippen LogP contribution in [-0.4, -0.2) is 27.7 Å². The Morgan fingerprint density at radius 3 is 1.36 bits per heavy atom. The molecule has 0 heterocycles. The Labute approximate surface area is 151 Å². The van der Waals surface area contributed by atoms with E-state index in [4.69, 9.17) is 4.74 Å². The van der Waals surface area contributed by atoms with Gasteiger partial charge in [-0.25, -0.2) is 0 Å². The first-order valence-electron chi connectivity index (χ1n) is 7.18. The lowest BCUT2D eigenvalue weighted by atomic mass is 10.2. The highest BCUT2D eigenvalue weighted by Gasteiger charge is 2.31. The van der Waals surface area contributed by atoms with Crippen LogP contribution in [0.3, 0.4) is 0 Å². The van der Waals surface area contributed by atoms with Crippen LogP contribution in [0.15, 0.2) is 30.3 Å². The molecule has 2 rings (SSSR count). The van der Waals surface area contributed by atoms with Crippen molar-refractivity contribution in [1.29, 1.82) is 0 Å². The Bertz CT molecular complexity index is 496.